The fourth-order valence-corrected chi connectivity index (χ4v) is 3.17. The quantitative estimate of drug-likeness (QED) is 0.928. The number of nitrogens with zero attached hydrogens (tertiary/aromatic N) is 2. The Balaban J connectivity index is 2.38. The number of benzene rings is 1. The monoisotopic (exact) mass is 290 g/mol. The van der Waals surface area contributed by atoms with Crippen LogP contribution in [0.4, 0.5) is 10.8 Å². The van der Waals surface area contributed by atoms with Crippen LogP contribution in [0.3, 0.4) is 0 Å². The van der Waals surface area contributed by atoms with Gasteiger partial charge in [0.25, 0.3) is 0 Å². The SMILES string of the molecule is Cc1ccc(N(C)c2nc(C(C)(C)C)c(CO)s2)cc1. The van der Waals surface area contributed by atoms with E-state index in [0.717, 1.165) is 21.4 Å². The average molecular weight is 290 g/mol. The lowest BCUT2D eigenvalue weighted by atomic mass is 9.91. The summed E-state index contributed by atoms with van der Waals surface area (Å²) in [6, 6.07) is 8.37. The van der Waals surface area contributed by atoms with Gasteiger partial charge in [-0.15, -0.1) is 0 Å². The second kappa shape index (κ2) is 5.54. The van der Waals surface area contributed by atoms with Gasteiger partial charge in [0, 0.05) is 18.2 Å². The van der Waals surface area contributed by atoms with Crippen molar-refractivity contribution in [3.63, 3.8) is 0 Å². The molecule has 4 heteroatoms. The highest BCUT2D eigenvalue weighted by Gasteiger charge is 2.24. The molecule has 0 atom stereocenters. The van der Waals surface area contributed by atoms with E-state index in [0.29, 0.717) is 0 Å². The lowest BCUT2D eigenvalue weighted by molar-refractivity contribution is 0.282. The lowest BCUT2D eigenvalue weighted by Gasteiger charge is -2.18. The van der Waals surface area contributed by atoms with E-state index in [1.165, 1.54) is 5.56 Å². The topological polar surface area (TPSA) is 36.4 Å². The van der Waals surface area contributed by atoms with Gasteiger partial charge in [0.05, 0.1) is 17.2 Å². The molecule has 0 radical (unpaired) electrons. The molecule has 2 rings (SSSR count). The molecule has 0 amide bonds. The molecule has 0 spiro atoms. The summed E-state index contributed by atoms with van der Waals surface area (Å²) < 4.78 is 0. The summed E-state index contributed by atoms with van der Waals surface area (Å²) in [5.74, 6) is 0. The minimum absolute atomic E-state index is 0.0476. The highest BCUT2D eigenvalue weighted by Crippen LogP contribution is 2.35. The first-order valence-corrected chi connectivity index (χ1v) is 7.56. The fraction of sp³-hybridized carbons (Fsp3) is 0.438. The van der Waals surface area contributed by atoms with E-state index in [1.54, 1.807) is 11.3 Å². The first kappa shape index (κ1) is 15.0. The van der Waals surface area contributed by atoms with Gasteiger partial charge in [0.2, 0.25) is 0 Å². The number of rotatable bonds is 3. The van der Waals surface area contributed by atoms with Crippen LogP contribution in [0.1, 0.15) is 36.9 Å². The standard InChI is InChI=1S/C16H22N2OS/c1-11-6-8-12(9-7-11)18(5)15-17-14(16(2,3)4)13(10-19)20-15/h6-9,19H,10H2,1-5H3. The molecule has 0 unspecified atom stereocenters. The minimum Gasteiger partial charge on any atom is -0.391 e. The summed E-state index contributed by atoms with van der Waals surface area (Å²) in [6.45, 7) is 8.49. The van der Waals surface area contributed by atoms with Crippen LogP contribution in [0, 0.1) is 6.92 Å². The maximum Gasteiger partial charge on any atom is 0.190 e. The molecule has 0 aliphatic carbocycles. The van der Waals surface area contributed by atoms with Crippen molar-refractivity contribution in [2.24, 2.45) is 0 Å². The molecular formula is C16H22N2OS. The van der Waals surface area contributed by atoms with Crippen molar-refractivity contribution in [3.05, 3.63) is 40.4 Å². The Morgan fingerprint density at radius 1 is 1.20 bits per heavy atom. The van der Waals surface area contributed by atoms with Crippen molar-refractivity contribution in [2.45, 2.75) is 39.7 Å². The highest BCUT2D eigenvalue weighted by atomic mass is 32.1. The van der Waals surface area contributed by atoms with Crippen molar-refractivity contribution in [1.29, 1.82) is 0 Å². The van der Waals surface area contributed by atoms with Gasteiger partial charge in [-0.25, -0.2) is 4.98 Å². The Hall–Kier alpha value is -1.39. The third kappa shape index (κ3) is 3.02. The van der Waals surface area contributed by atoms with Crippen LogP contribution in [-0.2, 0) is 12.0 Å². The fourth-order valence-electron chi connectivity index (χ4n) is 2.05. The number of anilines is 2. The molecule has 0 aliphatic rings. The molecule has 2 aromatic rings. The summed E-state index contributed by atoms with van der Waals surface area (Å²) >= 11 is 1.56. The molecule has 0 bridgehead atoms. The Morgan fingerprint density at radius 2 is 1.80 bits per heavy atom. The second-order valence-corrected chi connectivity index (χ2v) is 7.13. The first-order chi connectivity index (χ1) is 9.32. The predicted molar refractivity (Wildman–Crippen MR) is 86.0 cm³/mol. The van der Waals surface area contributed by atoms with Gasteiger partial charge < -0.3 is 10.0 Å². The second-order valence-electron chi connectivity index (χ2n) is 6.07. The van der Waals surface area contributed by atoms with Gasteiger partial charge in [-0.1, -0.05) is 49.8 Å². The molecule has 3 nitrogen and oxygen atoms in total. The third-order valence-electron chi connectivity index (χ3n) is 3.25. The molecule has 0 saturated carbocycles. The molecule has 0 saturated heterocycles. The number of hydrogen-bond donors (Lipinski definition) is 1. The number of aliphatic hydroxyl groups is 1. The van der Waals surface area contributed by atoms with E-state index >= 15 is 0 Å². The van der Waals surface area contributed by atoms with Crippen LogP contribution in [0.2, 0.25) is 0 Å². The first-order valence-electron chi connectivity index (χ1n) is 6.74. The van der Waals surface area contributed by atoms with E-state index in [4.69, 9.17) is 4.98 Å². The van der Waals surface area contributed by atoms with Crippen LogP contribution < -0.4 is 4.90 Å². The van der Waals surface area contributed by atoms with Crippen LogP contribution >= 0.6 is 11.3 Å². The Bertz CT molecular complexity index is 582. The molecule has 1 N–H and O–H groups in total. The minimum atomic E-state index is -0.0546. The average Bonchev–Trinajstić information content (AvgIpc) is 2.83. The molecule has 1 aromatic heterocycles. The molecule has 20 heavy (non-hydrogen) atoms. The van der Waals surface area contributed by atoms with E-state index in [9.17, 15) is 5.11 Å². The molecule has 0 aliphatic heterocycles. The maximum absolute atomic E-state index is 9.54. The molecule has 1 heterocycles. The van der Waals surface area contributed by atoms with E-state index in [-0.39, 0.29) is 12.0 Å². The van der Waals surface area contributed by atoms with E-state index in [1.807, 2.05) is 7.05 Å². The van der Waals surface area contributed by atoms with E-state index in [2.05, 4.69) is 56.9 Å². The van der Waals surface area contributed by atoms with Crippen LogP contribution in [0.25, 0.3) is 0 Å². The Morgan fingerprint density at radius 3 is 2.25 bits per heavy atom. The zero-order valence-electron chi connectivity index (χ0n) is 12.8. The normalized spacial score (nSPS) is 11.7. The molecule has 0 fully saturated rings. The van der Waals surface area contributed by atoms with Crippen LogP contribution in [0.15, 0.2) is 24.3 Å². The number of aromatic nitrogens is 1. The van der Waals surface area contributed by atoms with Gasteiger partial charge in [-0.3, -0.25) is 0 Å². The van der Waals surface area contributed by atoms with E-state index < -0.39 is 0 Å². The summed E-state index contributed by atoms with van der Waals surface area (Å²) in [6.07, 6.45) is 0. The van der Waals surface area contributed by atoms with Gasteiger partial charge in [0.15, 0.2) is 5.13 Å². The number of aryl methyl sites for hydroxylation is 1. The van der Waals surface area contributed by atoms with Crippen molar-refractivity contribution in [3.8, 4) is 0 Å². The number of thiazole rings is 1. The summed E-state index contributed by atoms with van der Waals surface area (Å²) in [5.41, 5.74) is 3.28. The summed E-state index contributed by atoms with van der Waals surface area (Å²) in [5, 5.41) is 10.5. The maximum atomic E-state index is 9.54. The van der Waals surface area contributed by atoms with Crippen LogP contribution in [-0.4, -0.2) is 17.1 Å². The molecular weight excluding hydrogens is 268 g/mol. The van der Waals surface area contributed by atoms with Crippen LogP contribution in [0.5, 0.6) is 0 Å². The number of aliphatic hydroxyl groups excluding tert-OH is 1. The van der Waals surface area contributed by atoms with Crippen molar-refractivity contribution < 1.29 is 5.11 Å². The van der Waals surface area contributed by atoms with Gasteiger partial charge in [-0.2, -0.15) is 0 Å². The summed E-state index contributed by atoms with van der Waals surface area (Å²) in [4.78, 5) is 7.75. The summed E-state index contributed by atoms with van der Waals surface area (Å²) in [7, 11) is 2.01. The zero-order chi connectivity index (χ0) is 14.9. The van der Waals surface area contributed by atoms with Gasteiger partial charge >= 0.3 is 0 Å². The zero-order valence-corrected chi connectivity index (χ0v) is 13.6. The highest BCUT2D eigenvalue weighted by molar-refractivity contribution is 7.15. The Kier molecular flexibility index (Phi) is 4.16. The number of hydrogen-bond acceptors (Lipinski definition) is 4. The molecule has 108 valence electrons. The van der Waals surface area contributed by atoms with Crippen molar-refractivity contribution in [2.75, 3.05) is 11.9 Å². The third-order valence-corrected chi connectivity index (χ3v) is 4.36. The van der Waals surface area contributed by atoms with Gasteiger partial charge in [0.1, 0.15) is 0 Å². The van der Waals surface area contributed by atoms with Crippen molar-refractivity contribution >= 4 is 22.2 Å². The lowest BCUT2D eigenvalue weighted by Crippen LogP contribution is -2.15. The smallest absolute Gasteiger partial charge is 0.190 e. The predicted octanol–water partition coefficient (Wildman–Crippen LogP) is 4.01. The molecule has 1 aromatic carbocycles. The Labute approximate surface area is 124 Å². The van der Waals surface area contributed by atoms with Gasteiger partial charge in [-0.05, 0) is 19.1 Å². The van der Waals surface area contributed by atoms with Crippen molar-refractivity contribution in [1.82, 2.24) is 4.98 Å². The largest absolute Gasteiger partial charge is 0.391 e.